The van der Waals surface area contributed by atoms with Gasteiger partial charge < -0.3 is 0 Å². The van der Waals surface area contributed by atoms with Gasteiger partial charge in [0.1, 0.15) is 0 Å². The SMILES string of the molecule is C=C(Sc1cccc(C(C)C(=C)C)c1)c1cc(CC)c(CC)cc1N=CC.CC.CC1=CC(C)C(C)C=C1.CN=C(C=C(C)C)C(C)(C)C. The first kappa shape index (κ1) is 45.8. The Bertz CT molecular complexity index is 1490. The predicted molar refractivity (Wildman–Crippen MR) is 228 cm³/mol. The first-order valence-electron chi connectivity index (χ1n) is 18.2. The Morgan fingerprint density at radius 2 is 1.55 bits per heavy atom. The molecule has 3 heteroatoms. The Hall–Kier alpha value is -3.17. The van der Waals surface area contributed by atoms with Gasteiger partial charge in [-0.3, -0.25) is 9.98 Å². The van der Waals surface area contributed by atoms with Crippen LogP contribution in [0.15, 0.2) is 105 Å². The minimum absolute atomic E-state index is 0.173. The van der Waals surface area contributed by atoms with Crippen molar-refractivity contribution >= 4 is 34.3 Å². The fourth-order valence-corrected chi connectivity index (χ4v) is 6.02. The van der Waals surface area contributed by atoms with Gasteiger partial charge in [-0.2, -0.15) is 0 Å². The molecule has 0 radical (unpaired) electrons. The molecule has 0 saturated carbocycles. The molecule has 0 N–H and O–H groups in total. The predicted octanol–water partition coefficient (Wildman–Crippen LogP) is 14.8. The average Bonchev–Trinajstić information content (AvgIpc) is 3.06. The van der Waals surface area contributed by atoms with E-state index in [9.17, 15) is 0 Å². The fourth-order valence-electron chi connectivity index (χ4n) is 5.12. The molecule has 0 bridgehead atoms. The molecule has 0 saturated heterocycles. The van der Waals surface area contributed by atoms with Crippen LogP contribution < -0.4 is 0 Å². The van der Waals surface area contributed by atoms with Crippen molar-refractivity contribution in [3.8, 4) is 0 Å². The van der Waals surface area contributed by atoms with Crippen molar-refractivity contribution in [2.24, 2.45) is 27.2 Å². The van der Waals surface area contributed by atoms with Crippen LogP contribution in [0.25, 0.3) is 4.91 Å². The number of nitrogens with zero attached hydrogens (tertiary/aromatic N) is 2. The van der Waals surface area contributed by atoms with Crippen molar-refractivity contribution < 1.29 is 0 Å². The van der Waals surface area contributed by atoms with E-state index in [2.05, 4.69) is 167 Å². The van der Waals surface area contributed by atoms with E-state index in [0.717, 1.165) is 46.5 Å². The molecule has 3 atom stereocenters. The topological polar surface area (TPSA) is 24.7 Å². The quantitative estimate of drug-likeness (QED) is 0.147. The van der Waals surface area contributed by atoms with Crippen LogP contribution in [0.3, 0.4) is 0 Å². The van der Waals surface area contributed by atoms with Gasteiger partial charge in [-0.25, -0.2) is 0 Å². The molecule has 1 aliphatic rings. The lowest BCUT2D eigenvalue weighted by Crippen LogP contribution is -2.18. The number of hydrogen-bond donors (Lipinski definition) is 0. The average molecular weight is 683 g/mol. The maximum Gasteiger partial charge on any atom is 0.0712 e. The molecular weight excluding hydrogens is 613 g/mol. The summed E-state index contributed by atoms with van der Waals surface area (Å²) in [6.45, 7) is 40.5. The third-order valence-corrected chi connectivity index (χ3v) is 9.40. The third kappa shape index (κ3) is 16.4. The summed E-state index contributed by atoms with van der Waals surface area (Å²) in [5, 5.41) is 0. The molecule has 3 unspecified atom stereocenters. The molecular formula is C46H70N2S. The summed E-state index contributed by atoms with van der Waals surface area (Å²) < 4.78 is 0. The lowest BCUT2D eigenvalue weighted by atomic mass is 9.89. The normalized spacial score (nSPS) is 16.2. The Morgan fingerprint density at radius 3 is 1.98 bits per heavy atom. The molecule has 1 aliphatic carbocycles. The van der Waals surface area contributed by atoms with E-state index in [-0.39, 0.29) is 5.41 Å². The molecule has 0 heterocycles. The van der Waals surface area contributed by atoms with Gasteiger partial charge in [-0.15, -0.1) is 0 Å². The zero-order chi connectivity index (χ0) is 37.9. The molecule has 49 heavy (non-hydrogen) atoms. The molecule has 2 aromatic rings. The van der Waals surface area contributed by atoms with Crippen molar-refractivity contribution in [2.75, 3.05) is 7.05 Å². The Balaban J connectivity index is 0.000000855. The summed E-state index contributed by atoms with van der Waals surface area (Å²) in [7, 11) is 1.85. The molecule has 2 nitrogen and oxygen atoms in total. The maximum absolute atomic E-state index is 4.61. The Morgan fingerprint density at radius 1 is 0.959 bits per heavy atom. The van der Waals surface area contributed by atoms with Gasteiger partial charge >= 0.3 is 0 Å². The highest BCUT2D eigenvalue weighted by atomic mass is 32.2. The van der Waals surface area contributed by atoms with Gasteiger partial charge in [0, 0.05) is 45.7 Å². The fraction of sp³-hybridized carbons (Fsp3) is 0.478. The summed E-state index contributed by atoms with van der Waals surface area (Å²) in [4.78, 5) is 11.1. The zero-order valence-corrected chi connectivity index (χ0v) is 35.0. The van der Waals surface area contributed by atoms with Crippen molar-refractivity contribution in [1.82, 2.24) is 0 Å². The molecule has 0 fully saturated rings. The van der Waals surface area contributed by atoms with Crippen LogP contribution in [0.1, 0.15) is 132 Å². The molecule has 0 aromatic heterocycles. The van der Waals surface area contributed by atoms with Gasteiger partial charge in [0.15, 0.2) is 0 Å². The van der Waals surface area contributed by atoms with Gasteiger partial charge in [0.05, 0.1) is 5.69 Å². The van der Waals surface area contributed by atoms with E-state index in [1.165, 1.54) is 38.3 Å². The second-order valence-electron chi connectivity index (χ2n) is 14.0. The highest BCUT2D eigenvalue weighted by Gasteiger charge is 2.16. The molecule has 270 valence electrons. The smallest absolute Gasteiger partial charge is 0.0712 e. The molecule has 0 spiro atoms. The highest BCUT2D eigenvalue weighted by Crippen LogP contribution is 2.40. The molecule has 0 aliphatic heterocycles. The van der Waals surface area contributed by atoms with E-state index in [0.29, 0.717) is 5.92 Å². The first-order valence-corrected chi connectivity index (χ1v) is 19.1. The van der Waals surface area contributed by atoms with E-state index in [1.807, 2.05) is 34.0 Å². The minimum atomic E-state index is 0.173. The number of benzene rings is 2. The number of hydrogen-bond acceptors (Lipinski definition) is 3. The second-order valence-corrected chi connectivity index (χ2v) is 15.1. The summed E-state index contributed by atoms with van der Waals surface area (Å²) in [5.74, 6) is 1.82. The number of aryl methyl sites for hydroxylation is 2. The van der Waals surface area contributed by atoms with Gasteiger partial charge in [0.2, 0.25) is 0 Å². The Kier molecular flexibility index (Phi) is 21.8. The largest absolute Gasteiger partial charge is 0.293 e. The van der Waals surface area contributed by atoms with Crippen LogP contribution in [-0.2, 0) is 12.8 Å². The van der Waals surface area contributed by atoms with Crippen molar-refractivity contribution in [1.29, 1.82) is 0 Å². The zero-order valence-electron chi connectivity index (χ0n) is 34.2. The van der Waals surface area contributed by atoms with Crippen molar-refractivity contribution in [2.45, 2.75) is 128 Å². The summed E-state index contributed by atoms with van der Waals surface area (Å²) in [5.41, 5.74) is 11.4. The maximum atomic E-state index is 4.61. The Labute approximate surface area is 307 Å². The van der Waals surface area contributed by atoms with E-state index >= 15 is 0 Å². The monoisotopic (exact) mass is 683 g/mol. The van der Waals surface area contributed by atoms with Crippen LogP contribution in [0.4, 0.5) is 5.69 Å². The van der Waals surface area contributed by atoms with Gasteiger partial charge in [0.25, 0.3) is 0 Å². The van der Waals surface area contributed by atoms with Crippen LogP contribution in [-0.4, -0.2) is 19.0 Å². The molecule has 2 aromatic carbocycles. The summed E-state index contributed by atoms with van der Waals surface area (Å²) in [6.07, 6.45) is 12.8. The molecule has 3 rings (SSSR count). The van der Waals surface area contributed by atoms with Crippen LogP contribution in [0.5, 0.6) is 0 Å². The van der Waals surface area contributed by atoms with Crippen LogP contribution in [0.2, 0.25) is 0 Å². The summed E-state index contributed by atoms with van der Waals surface area (Å²) >= 11 is 1.71. The van der Waals surface area contributed by atoms with Crippen LogP contribution >= 0.6 is 11.8 Å². The molecule has 0 amide bonds. The standard InChI is InChI=1S/C25H31NS.C10H19N.C9H14.C2H6/c1-8-20-15-24(25(26-10-3)16-21(20)9-2)19(7)27-23-13-11-12-22(14-23)18(6)17(4)5;1-8(2)7-9(11-6)10(3,4)5;1-7-4-5-8(2)9(3)6-7;1-2/h10-16,18H,4,7-9H2,1-3,5-6H3;7H,1-6H3;4-6,8-9H,1-3H3;1-2H3. The lowest BCUT2D eigenvalue weighted by molar-refractivity contribution is 0.548. The van der Waals surface area contributed by atoms with Crippen molar-refractivity contribution in [3.63, 3.8) is 0 Å². The number of aliphatic imine (C=N–C) groups is 2. The summed E-state index contributed by atoms with van der Waals surface area (Å²) in [6, 6.07) is 13.2. The van der Waals surface area contributed by atoms with E-state index in [1.54, 1.807) is 11.8 Å². The van der Waals surface area contributed by atoms with E-state index in [4.69, 9.17) is 0 Å². The first-order chi connectivity index (χ1) is 23.0. The van der Waals surface area contributed by atoms with Gasteiger partial charge in [-0.1, -0.05) is 141 Å². The lowest BCUT2D eigenvalue weighted by Gasteiger charge is -2.18. The van der Waals surface area contributed by atoms with Crippen LogP contribution in [0, 0.1) is 17.3 Å². The number of allylic oxidation sites excluding steroid dienone is 7. The third-order valence-electron chi connectivity index (χ3n) is 8.44. The van der Waals surface area contributed by atoms with Gasteiger partial charge in [-0.05, 0) is 106 Å². The number of thioether (sulfide) groups is 1. The minimum Gasteiger partial charge on any atom is -0.293 e. The second kappa shape index (κ2) is 23.3. The van der Waals surface area contributed by atoms with E-state index < -0.39 is 0 Å². The highest BCUT2D eigenvalue weighted by molar-refractivity contribution is 8.08. The number of rotatable bonds is 9. The van der Waals surface area contributed by atoms with Crippen molar-refractivity contribution in [3.05, 3.63) is 113 Å².